The van der Waals surface area contributed by atoms with Gasteiger partial charge in [-0.2, -0.15) is 0 Å². The molecule has 0 spiro atoms. The third-order valence-corrected chi connectivity index (χ3v) is 2.34. The molecule has 1 N–H and O–H groups in total. The fourth-order valence-electron chi connectivity index (χ4n) is 1.73. The van der Waals surface area contributed by atoms with Gasteiger partial charge in [-0.25, -0.2) is 0 Å². The highest BCUT2D eigenvalue weighted by Crippen LogP contribution is 2.27. The van der Waals surface area contributed by atoms with Crippen LogP contribution in [0.4, 0.5) is 0 Å². The maximum absolute atomic E-state index is 10.8. The zero-order chi connectivity index (χ0) is 9.84. The van der Waals surface area contributed by atoms with Crippen LogP contribution in [0.5, 0.6) is 0 Å². The van der Waals surface area contributed by atoms with Crippen LogP contribution in [0.2, 0.25) is 0 Å². The van der Waals surface area contributed by atoms with Crippen LogP contribution in [-0.2, 0) is 14.3 Å². The number of carbonyl (C=O) groups excluding carboxylic acids is 1. The Morgan fingerprint density at radius 3 is 2.46 bits per heavy atom. The minimum atomic E-state index is -0.856. The summed E-state index contributed by atoms with van der Waals surface area (Å²) < 4.78 is 4.95. The number of hydrogen-bond donors (Lipinski definition) is 1. The van der Waals surface area contributed by atoms with Gasteiger partial charge in [0.15, 0.2) is 0 Å². The Balaban J connectivity index is 2.56. The van der Waals surface area contributed by atoms with Crippen molar-refractivity contribution in [2.45, 2.75) is 38.7 Å². The maximum Gasteiger partial charge on any atom is 0.310 e. The standard InChI is InChI=1S/C9H14O4/c1-6(10)13-8-5-3-2-4-7(8)9(11)12/h7-8H,2-5H2,1H3,(H,11,12)/t7-,8+/m1/s1. The van der Waals surface area contributed by atoms with Gasteiger partial charge in [0.2, 0.25) is 0 Å². The molecular weight excluding hydrogens is 172 g/mol. The van der Waals surface area contributed by atoms with E-state index in [2.05, 4.69) is 0 Å². The molecule has 0 aromatic carbocycles. The van der Waals surface area contributed by atoms with Crippen molar-refractivity contribution in [3.8, 4) is 0 Å². The van der Waals surface area contributed by atoms with Gasteiger partial charge >= 0.3 is 11.9 Å². The third kappa shape index (κ3) is 2.72. The summed E-state index contributed by atoms with van der Waals surface area (Å²) in [6, 6.07) is 0. The molecule has 0 bridgehead atoms. The molecule has 0 heterocycles. The first-order valence-electron chi connectivity index (χ1n) is 4.51. The van der Waals surface area contributed by atoms with Crippen LogP contribution in [0.1, 0.15) is 32.6 Å². The minimum absolute atomic E-state index is 0.391. The molecular formula is C9H14O4. The predicted octanol–water partition coefficient (Wildman–Crippen LogP) is 1.19. The first-order valence-corrected chi connectivity index (χ1v) is 4.51. The Labute approximate surface area is 76.9 Å². The van der Waals surface area contributed by atoms with E-state index in [4.69, 9.17) is 9.84 Å². The van der Waals surface area contributed by atoms with Gasteiger partial charge in [-0.15, -0.1) is 0 Å². The molecule has 13 heavy (non-hydrogen) atoms. The highest BCUT2D eigenvalue weighted by molar-refractivity contribution is 5.72. The summed E-state index contributed by atoms with van der Waals surface area (Å²) in [7, 11) is 0. The molecule has 0 aromatic rings. The molecule has 0 unspecified atom stereocenters. The molecule has 0 saturated heterocycles. The van der Waals surface area contributed by atoms with E-state index in [1.54, 1.807) is 0 Å². The first kappa shape index (κ1) is 10.0. The van der Waals surface area contributed by atoms with Gasteiger partial charge in [0.05, 0.1) is 5.92 Å². The van der Waals surface area contributed by atoms with Crippen LogP contribution in [0.3, 0.4) is 0 Å². The lowest BCUT2D eigenvalue weighted by atomic mass is 9.86. The molecule has 0 aromatic heterocycles. The number of ether oxygens (including phenoxy) is 1. The van der Waals surface area contributed by atoms with Crippen molar-refractivity contribution in [3.63, 3.8) is 0 Å². The number of carboxylic acid groups (broad SMARTS) is 1. The van der Waals surface area contributed by atoms with E-state index in [9.17, 15) is 9.59 Å². The Bertz CT molecular complexity index is 212. The monoisotopic (exact) mass is 186 g/mol. The van der Waals surface area contributed by atoms with Crippen LogP contribution in [0.15, 0.2) is 0 Å². The fourth-order valence-corrected chi connectivity index (χ4v) is 1.73. The predicted molar refractivity (Wildman–Crippen MR) is 45.1 cm³/mol. The van der Waals surface area contributed by atoms with E-state index in [1.165, 1.54) is 6.92 Å². The topological polar surface area (TPSA) is 63.6 Å². The number of esters is 1. The normalized spacial score (nSPS) is 28.1. The Kier molecular flexibility index (Phi) is 3.28. The fraction of sp³-hybridized carbons (Fsp3) is 0.778. The Morgan fingerprint density at radius 2 is 1.92 bits per heavy atom. The van der Waals surface area contributed by atoms with Crippen LogP contribution >= 0.6 is 0 Å². The first-order chi connectivity index (χ1) is 6.11. The Morgan fingerprint density at radius 1 is 1.31 bits per heavy atom. The zero-order valence-electron chi connectivity index (χ0n) is 7.66. The van der Waals surface area contributed by atoms with Crippen molar-refractivity contribution in [3.05, 3.63) is 0 Å². The summed E-state index contributed by atoms with van der Waals surface area (Å²) in [5.41, 5.74) is 0. The molecule has 0 amide bonds. The lowest BCUT2D eigenvalue weighted by molar-refractivity contribution is -0.159. The summed E-state index contributed by atoms with van der Waals surface area (Å²) in [6.07, 6.45) is 2.74. The van der Waals surface area contributed by atoms with Gasteiger partial charge in [0.25, 0.3) is 0 Å². The third-order valence-electron chi connectivity index (χ3n) is 2.34. The molecule has 4 nitrogen and oxygen atoms in total. The summed E-state index contributed by atoms with van der Waals surface area (Å²) >= 11 is 0. The molecule has 1 aliphatic rings. The van der Waals surface area contributed by atoms with Crippen LogP contribution in [0.25, 0.3) is 0 Å². The lowest BCUT2D eigenvalue weighted by Crippen LogP contribution is -2.34. The van der Waals surface area contributed by atoms with Gasteiger partial charge in [-0.1, -0.05) is 6.42 Å². The van der Waals surface area contributed by atoms with E-state index in [-0.39, 0.29) is 0 Å². The molecule has 1 fully saturated rings. The number of carbonyl (C=O) groups is 2. The molecule has 2 atom stereocenters. The molecule has 1 rings (SSSR count). The van der Waals surface area contributed by atoms with Crippen molar-refractivity contribution in [1.29, 1.82) is 0 Å². The second-order valence-electron chi connectivity index (χ2n) is 3.38. The van der Waals surface area contributed by atoms with Gasteiger partial charge in [-0.3, -0.25) is 9.59 Å². The minimum Gasteiger partial charge on any atom is -0.481 e. The molecule has 74 valence electrons. The van der Waals surface area contributed by atoms with Crippen molar-refractivity contribution < 1.29 is 19.4 Å². The van der Waals surface area contributed by atoms with Gasteiger partial charge in [0.1, 0.15) is 6.10 Å². The van der Waals surface area contributed by atoms with E-state index in [0.717, 1.165) is 12.8 Å². The highest BCUT2D eigenvalue weighted by Gasteiger charge is 2.32. The molecule has 1 saturated carbocycles. The highest BCUT2D eigenvalue weighted by atomic mass is 16.5. The number of aliphatic carboxylic acids is 1. The Hall–Kier alpha value is -1.06. The SMILES string of the molecule is CC(=O)O[C@H]1CCCC[C@H]1C(=O)O. The van der Waals surface area contributed by atoms with E-state index < -0.39 is 24.0 Å². The molecule has 1 aliphatic carbocycles. The summed E-state index contributed by atoms with van der Waals surface area (Å²) in [6.45, 7) is 1.31. The van der Waals surface area contributed by atoms with Crippen molar-refractivity contribution in [2.24, 2.45) is 5.92 Å². The van der Waals surface area contributed by atoms with Gasteiger partial charge in [-0.05, 0) is 19.3 Å². The van der Waals surface area contributed by atoms with Crippen molar-refractivity contribution in [1.82, 2.24) is 0 Å². The van der Waals surface area contributed by atoms with Crippen LogP contribution in [-0.4, -0.2) is 23.1 Å². The largest absolute Gasteiger partial charge is 0.481 e. The van der Waals surface area contributed by atoms with Gasteiger partial charge in [0, 0.05) is 6.92 Å². The molecule has 0 radical (unpaired) electrons. The van der Waals surface area contributed by atoms with Crippen LogP contribution in [0, 0.1) is 5.92 Å². The number of hydrogen-bond acceptors (Lipinski definition) is 3. The second kappa shape index (κ2) is 4.25. The summed E-state index contributed by atoms with van der Waals surface area (Å²) in [4.78, 5) is 21.4. The number of carboxylic acids is 1. The van der Waals surface area contributed by atoms with E-state index in [1.807, 2.05) is 0 Å². The van der Waals surface area contributed by atoms with E-state index >= 15 is 0 Å². The summed E-state index contributed by atoms with van der Waals surface area (Å²) in [5, 5.41) is 8.83. The second-order valence-corrected chi connectivity index (χ2v) is 3.38. The lowest BCUT2D eigenvalue weighted by Gasteiger charge is -2.27. The van der Waals surface area contributed by atoms with Crippen molar-refractivity contribution >= 4 is 11.9 Å². The summed E-state index contributed by atoms with van der Waals surface area (Å²) in [5.74, 6) is -1.75. The molecule has 4 heteroatoms. The van der Waals surface area contributed by atoms with Crippen LogP contribution < -0.4 is 0 Å². The van der Waals surface area contributed by atoms with Crippen molar-refractivity contribution in [2.75, 3.05) is 0 Å². The maximum atomic E-state index is 10.8. The zero-order valence-corrected chi connectivity index (χ0v) is 7.66. The van der Waals surface area contributed by atoms with Gasteiger partial charge < -0.3 is 9.84 Å². The van der Waals surface area contributed by atoms with E-state index in [0.29, 0.717) is 12.8 Å². The number of rotatable bonds is 2. The average molecular weight is 186 g/mol. The molecule has 0 aliphatic heterocycles. The average Bonchev–Trinajstić information content (AvgIpc) is 2.03. The smallest absolute Gasteiger partial charge is 0.310 e. The quantitative estimate of drug-likeness (QED) is 0.658.